The molecule has 0 aliphatic heterocycles. The van der Waals surface area contributed by atoms with E-state index in [1.54, 1.807) is 49.3 Å². The van der Waals surface area contributed by atoms with Crippen LogP contribution in [0.25, 0.3) is 0 Å². The number of fused-ring (bicyclic) bond motifs is 2. The molecule has 0 spiro atoms. The lowest BCUT2D eigenvalue weighted by Crippen LogP contribution is -2.18. The van der Waals surface area contributed by atoms with Gasteiger partial charge in [-0.05, 0) is 0 Å². The summed E-state index contributed by atoms with van der Waals surface area (Å²) in [6.45, 7) is 0. The van der Waals surface area contributed by atoms with Gasteiger partial charge in [0.1, 0.15) is 0 Å². The van der Waals surface area contributed by atoms with Crippen molar-refractivity contribution in [1.82, 2.24) is 0 Å². The first kappa shape index (κ1) is 10.8. The number of ketones is 2. The molecule has 1 aromatic carbocycles. The predicted molar refractivity (Wildman–Crippen MR) is 66.3 cm³/mol. The van der Waals surface area contributed by atoms with Gasteiger partial charge in [0.25, 0.3) is 0 Å². The van der Waals surface area contributed by atoms with E-state index in [0.717, 1.165) is 0 Å². The third-order valence-corrected chi connectivity index (χ3v) is 3.03. The summed E-state index contributed by atoms with van der Waals surface area (Å²) in [7, 11) is 3.60. The number of hydrogen-bond acceptors (Lipinski definition) is 4. The monoisotopic (exact) mass is 241 g/mol. The van der Waals surface area contributed by atoms with E-state index in [1.807, 2.05) is 0 Å². The zero-order valence-corrected chi connectivity index (χ0v) is 10.1. The van der Waals surface area contributed by atoms with Gasteiger partial charge in [-0.2, -0.15) is 0 Å². The molecule has 0 saturated carbocycles. The maximum atomic E-state index is 12.3. The molecule has 1 aromatic heterocycles. The summed E-state index contributed by atoms with van der Waals surface area (Å²) in [5, 5.41) is 0. The molecule has 0 fully saturated rings. The molecule has 1 aliphatic carbocycles. The number of furan rings is 1. The smallest absolute Gasteiger partial charge is 0.229 e. The number of carbonyl (C=O) groups excluding carboxylic acids is 2. The van der Waals surface area contributed by atoms with Gasteiger partial charge in [-0.1, -0.05) is 24.3 Å². The third-order valence-electron chi connectivity index (χ3n) is 3.03. The van der Waals surface area contributed by atoms with Gasteiger partial charge in [-0.3, -0.25) is 9.59 Å². The van der Waals surface area contributed by atoms with Crippen LogP contribution in [0.2, 0.25) is 0 Å². The summed E-state index contributed by atoms with van der Waals surface area (Å²) in [4.78, 5) is 26.2. The SMILES string of the molecule is CN(C)c1cc2c(o1)C(=O)c1ccccc1C2=O. The Morgan fingerprint density at radius 3 is 2.17 bits per heavy atom. The molecule has 2 aromatic rings. The lowest BCUT2D eigenvalue weighted by Gasteiger charge is -2.11. The minimum absolute atomic E-state index is 0.141. The summed E-state index contributed by atoms with van der Waals surface area (Å²) in [5.74, 6) is 0.266. The van der Waals surface area contributed by atoms with E-state index in [4.69, 9.17) is 4.42 Å². The Morgan fingerprint density at radius 2 is 1.56 bits per heavy atom. The van der Waals surface area contributed by atoms with Gasteiger partial charge in [0.2, 0.25) is 5.78 Å². The summed E-state index contributed by atoms with van der Waals surface area (Å²) >= 11 is 0. The van der Waals surface area contributed by atoms with Crippen LogP contribution in [0.4, 0.5) is 5.88 Å². The van der Waals surface area contributed by atoms with E-state index in [0.29, 0.717) is 22.6 Å². The maximum Gasteiger partial charge on any atom is 0.229 e. The first-order chi connectivity index (χ1) is 8.59. The van der Waals surface area contributed by atoms with Crippen LogP contribution in [0.1, 0.15) is 32.0 Å². The van der Waals surface area contributed by atoms with Crippen LogP contribution in [0.3, 0.4) is 0 Å². The minimum atomic E-state index is -0.228. The lowest BCUT2D eigenvalue weighted by molar-refractivity contribution is 0.0961. The molecular weight excluding hydrogens is 230 g/mol. The van der Waals surface area contributed by atoms with Gasteiger partial charge in [0.05, 0.1) is 5.56 Å². The van der Waals surface area contributed by atoms with E-state index in [9.17, 15) is 9.59 Å². The average Bonchev–Trinajstić information content (AvgIpc) is 2.81. The molecule has 90 valence electrons. The first-order valence-corrected chi connectivity index (χ1v) is 5.59. The lowest BCUT2D eigenvalue weighted by atomic mass is 9.89. The fraction of sp³-hybridized carbons (Fsp3) is 0.143. The van der Waals surface area contributed by atoms with Crippen molar-refractivity contribution < 1.29 is 14.0 Å². The van der Waals surface area contributed by atoms with Crippen LogP contribution in [-0.2, 0) is 0 Å². The van der Waals surface area contributed by atoms with Gasteiger partial charge >= 0.3 is 0 Å². The molecule has 0 atom stereocenters. The quantitative estimate of drug-likeness (QED) is 0.654. The van der Waals surface area contributed by atoms with E-state index in [1.165, 1.54) is 0 Å². The van der Waals surface area contributed by atoms with Crippen LogP contribution in [0.5, 0.6) is 0 Å². The molecule has 1 aliphatic rings. The number of hydrogen-bond donors (Lipinski definition) is 0. The van der Waals surface area contributed by atoms with E-state index >= 15 is 0 Å². The predicted octanol–water partition coefficient (Wildman–Crippen LogP) is 2.12. The molecule has 0 radical (unpaired) electrons. The largest absolute Gasteiger partial charge is 0.436 e. The van der Waals surface area contributed by atoms with Crippen LogP contribution >= 0.6 is 0 Å². The van der Waals surface area contributed by atoms with E-state index in [2.05, 4.69) is 0 Å². The Bertz CT molecular complexity index is 615. The highest BCUT2D eigenvalue weighted by Crippen LogP contribution is 2.32. The van der Waals surface area contributed by atoms with Crippen molar-refractivity contribution in [3.63, 3.8) is 0 Å². The number of anilines is 1. The first-order valence-electron chi connectivity index (χ1n) is 5.59. The average molecular weight is 241 g/mol. The van der Waals surface area contributed by atoms with Crippen LogP contribution in [0.15, 0.2) is 34.7 Å². The molecule has 0 N–H and O–H groups in total. The molecule has 0 amide bonds. The highest BCUT2D eigenvalue weighted by molar-refractivity contribution is 6.27. The van der Waals surface area contributed by atoms with Gasteiger partial charge in [-0.25, -0.2) is 0 Å². The number of carbonyl (C=O) groups is 2. The highest BCUT2D eigenvalue weighted by atomic mass is 16.4. The topological polar surface area (TPSA) is 50.5 Å². The summed E-state index contributed by atoms with van der Waals surface area (Å²) in [6, 6.07) is 8.43. The maximum absolute atomic E-state index is 12.3. The summed E-state index contributed by atoms with van der Waals surface area (Å²) in [5.41, 5.74) is 1.21. The Labute approximate surface area is 104 Å². The van der Waals surface area contributed by atoms with Crippen LogP contribution in [-0.4, -0.2) is 25.7 Å². The molecule has 0 saturated heterocycles. The standard InChI is InChI=1S/C14H11NO3/c1-15(2)11-7-10-12(16)8-5-3-4-6-9(8)13(17)14(10)18-11/h3-7H,1-2H3. The zero-order valence-electron chi connectivity index (χ0n) is 10.1. The van der Waals surface area contributed by atoms with Crippen LogP contribution in [0, 0.1) is 0 Å². The Kier molecular flexibility index (Phi) is 2.13. The van der Waals surface area contributed by atoms with Gasteiger partial charge in [0, 0.05) is 31.3 Å². The van der Waals surface area contributed by atoms with Crippen molar-refractivity contribution in [3.8, 4) is 0 Å². The van der Waals surface area contributed by atoms with Gasteiger partial charge in [-0.15, -0.1) is 0 Å². The van der Waals surface area contributed by atoms with Crippen molar-refractivity contribution in [2.24, 2.45) is 0 Å². The van der Waals surface area contributed by atoms with Crippen molar-refractivity contribution in [1.29, 1.82) is 0 Å². The Hall–Kier alpha value is -2.36. The molecule has 4 heteroatoms. The van der Waals surface area contributed by atoms with Gasteiger partial charge < -0.3 is 9.32 Å². The third kappa shape index (κ3) is 1.32. The fourth-order valence-corrected chi connectivity index (χ4v) is 2.08. The number of benzene rings is 1. The van der Waals surface area contributed by atoms with Crippen LogP contribution < -0.4 is 4.90 Å². The number of nitrogens with zero attached hydrogens (tertiary/aromatic N) is 1. The summed E-state index contributed by atoms with van der Waals surface area (Å²) in [6.07, 6.45) is 0. The minimum Gasteiger partial charge on any atom is -0.436 e. The van der Waals surface area contributed by atoms with E-state index in [-0.39, 0.29) is 17.3 Å². The van der Waals surface area contributed by atoms with Crippen molar-refractivity contribution in [3.05, 3.63) is 52.8 Å². The second-order valence-corrected chi connectivity index (χ2v) is 4.43. The van der Waals surface area contributed by atoms with E-state index < -0.39 is 0 Å². The van der Waals surface area contributed by atoms with Crippen molar-refractivity contribution in [2.45, 2.75) is 0 Å². The second-order valence-electron chi connectivity index (χ2n) is 4.43. The van der Waals surface area contributed by atoms with Crippen molar-refractivity contribution in [2.75, 3.05) is 19.0 Å². The van der Waals surface area contributed by atoms with Gasteiger partial charge in [0.15, 0.2) is 17.4 Å². The molecule has 0 bridgehead atoms. The molecular formula is C14H11NO3. The molecule has 0 unspecified atom stereocenters. The highest BCUT2D eigenvalue weighted by Gasteiger charge is 2.33. The number of rotatable bonds is 1. The zero-order chi connectivity index (χ0) is 12.9. The normalized spacial score (nSPS) is 13.2. The fourth-order valence-electron chi connectivity index (χ4n) is 2.08. The summed E-state index contributed by atoms with van der Waals surface area (Å²) < 4.78 is 5.46. The Morgan fingerprint density at radius 1 is 0.944 bits per heavy atom. The molecule has 4 nitrogen and oxygen atoms in total. The molecule has 3 rings (SSSR count). The second kappa shape index (κ2) is 3.57. The van der Waals surface area contributed by atoms with Crippen molar-refractivity contribution >= 4 is 17.5 Å². The Balaban J connectivity index is 2.24. The molecule has 18 heavy (non-hydrogen) atoms. The molecule has 1 heterocycles.